The first-order chi connectivity index (χ1) is 9.17. The molecule has 1 aromatic heterocycles. The molecule has 0 saturated carbocycles. The van der Waals surface area contributed by atoms with Gasteiger partial charge in [0, 0.05) is 30.9 Å². The molecule has 0 amide bonds. The fraction of sp³-hybridized carbons (Fsp3) is 0.600. The predicted octanol–water partition coefficient (Wildman–Crippen LogP) is 1.90. The van der Waals surface area contributed by atoms with Crippen LogP contribution in [0.15, 0.2) is 6.07 Å². The van der Waals surface area contributed by atoms with E-state index in [-0.39, 0.29) is 0 Å². The zero-order valence-electron chi connectivity index (χ0n) is 11.6. The van der Waals surface area contributed by atoms with Crippen LogP contribution in [0.1, 0.15) is 36.2 Å². The van der Waals surface area contributed by atoms with E-state index in [1.807, 2.05) is 13.8 Å². The van der Waals surface area contributed by atoms with Crippen molar-refractivity contribution in [2.45, 2.75) is 45.2 Å². The number of rotatable bonds is 1. The van der Waals surface area contributed by atoms with Gasteiger partial charge in [-0.3, -0.25) is 4.98 Å². The Hall–Kier alpha value is -1.60. The highest BCUT2D eigenvalue weighted by atomic mass is 15.2. The number of aromatic nitrogens is 1. The van der Waals surface area contributed by atoms with Crippen molar-refractivity contribution >= 4 is 5.69 Å². The lowest BCUT2D eigenvalue weighted by Crippen LogP contribution is -2.35. The summed E-state index contributed by atoms with van der Waals surface area (Å²) in [4.78, 5) is 6.78. The average Bonchev–Trinajstić information content (AvgIpc) is 2.68. The fourth-order valence-electron chi connectivity index (χ4n) is 3.36. The van der Waals surface area contributed by atoms with Crippen molar-refractivity contribution in [2.75, 3.05) is 18.0 Å². The highest BCUT2D eigenvalue weighted by Gasteiger charge is 2.30. The molecule has 19 heavy (non-hydrogen) atoms. The first-order valence-corrected chi connectivity index (χ1v) is 7.06. The largest absolute Gasteiger partial charge is 0.369 e. The summed E-state index contributed by atoms with van der Waals surface area (Å²) >= 11 is 0. The van der Waals surface area contributed by atoms with Crippen molar-refractivity contribution in [3.63, 3.8) is 0 Å². The van der Waals surface area contributed by atoms with E-state index < -0.39 is 0 Å². The van der Waals surface area contributed by atoms with Crippen LogP contribution in [-0.2, 0) is 0 Å². The number of anilines is 1. The minimum absolute atomic E-state index is 0.577. The second-order valence-corrected chi connectivity index (χ2v) is 5.73. The van der Waals surface area contributed by atoms with Gasteiger partial charge in [0.2, 0.25) is 0 Å². The molecule has 0 spiro atoms. The maximum atomic E-state index is 9.39. The second-order valence-electron chi connectivity index (χ2n) is 5.73. The predicted molar refractivity (Wildman–Crippen MR) is 75.2 cm³/mol. The Bertz CT molecular complexity index is 532. The number of aryl methyl sites for hydroxylation is 2. The minimum Gasteiger partial charge on any atom is -0.369 e. The second kappa shape index (κ2) is 4.82. The lowest BCUT2D eigenvalue weighted by molar-refractivity contribution is 0.563. The fourth-order valence-corrected chi connectivity index (χ4v) is 3.36. The van der Waals surface area contributed by atoms with Crippen LogP contribution in [-0.4, -0.2) is 30.2 Å². The smallest absolute Gasteiger partial charge is 0.103 e. The Morgan fingerprint density at radius 2 is 2.11 bits per heavy atom. The summed E-state index contributed by atoms with van der Waals surface area (Å²) in [5, 5.41) is 13.1. The molecule has 100 valence electrons. The number of nitriles is 1. The summed E-state index contributed by atoms with van der Waals surface area (Å²) in [6.07, 6.45) is 3.73. The minimum atomic E-state index is 0.577. The molecular formula is C15H20N4. The highest BCUT2D eigenvalue weighted by Crippen LogP contribution is 2.28. The third kappa shape index (κ3) is 2.31. The Morgan fingerprint density at radius 3 is 2.89 bits per heavy atom. The van der Waals surface area contributed by atoms with Gasteiger partial charge in [-0.05, 0) is 39.2 Å². The third-order valence-corrected chi connectivity index (χ3v) is 4.28. The number of pyridine rings is 1. The quantitative estimate of drug-likeness (QED) is 0.834. The lowest BCUT2D eigenvalue weighted by Gasteiger charge is -2.27. The van der Waals surface area contributed by atoms with Gasteiger partial charge in [0.1, 0.15) is 6.07 Å². The molecule has 2 saturated heterocycles. The van der Waals surface area contributed by atoms with Gasteiger partial charge in [-0.25, -0.2) is 0 Å². The standard InChI is InChI=1S/C15H20N4/c1-10-7-15(14(8-16)11(2)17-10)19-6-5-12-3-4-13(9-19)18-12/h7,12-13,18H,3-6,9H2,1-2H3. The number of fused-ring (bicyclic) bond motifs is 2. The number of nitrogens with one attached hydrogen (secondary N) is 1. The molecule has 3 heterocycles. The molecule has 2 aliphatic heterocycles. The van der Waals surface area contributed by atoms with Crippen molar-refractivity contribution in [1.29, 1.82) is 5.26 Å². The third-order valence-electron chi connectivity index (χ3n) is 4.28. The SMILES string of the molecule is Cc1cc(N2CCC3CCC(C2)N3)c(C#N)c(C)n1. The molecular weight excluding hydrogens is 236 g/mol. The summed E-state index contributed by atoms with van der Waals surface area (Å²) in [5.74, 6) is 0. The van der Waals surface area contributed by atoms with Crippen molar-refractivity contribution < 1.29 is 0 Å². The maximum absolute atomic E-state index is 9.39. The lowest BCUT2D eigenvalue weighted by atomic mass is 10.1. The average molecular weight is 256 g/mol. The molecule has 2 bridgehead atoms. The van der Waals surface area contributed by atoms with Crippen molar-refractivity contribution in [2.24, 2.45) is 0 Å². The van der Waals surface area contributed by atoms with Crippen LogP contribution in [0.5, 0.6) is 0 Å². The van der Waals surface area contributed by atoms with E-state index >= 15 is 0 Å². The zero-order valence-corrected chi connectivity index (χ0v) is 11.6. The van der Waals surface area contributed by atoms with Crippen LogP contribution in [0.2, 0.25) is 0 Å². The molecule has 3 rings (SSSR count). The topological polar surface area (TPSA) is 52.0 Å². The molecule has 4 nitrogen and oxygen atoms in total. The Balaban J connectivity index is 1.95. The molecule has 0 aliphatic carbocycles. The molecule has 4 heteroatoms. The Kier molecular flexibility index (Phi) is 3.16. The molecule has 1 aromatic rings. The van der Waals surface area contributed by atoms with E-state index in [0.29, 0.717) is 12.1 Å². The van der Waals surface area contributed by atoms with E-state index in [4.69, 9.17) is 0 Å². The van der Waals surface area contributed by atoms with Gasteiger partial charge in [0.25, 0.3) is 0 Å². The first kappa shape index (κ1) is 12.4. The molecule has 2 fully saturated rings. The summed E-state index contributed by atoms with van der Waals surface area (Å²) in [6.45, 7) is 5.97. The van der Waals surface area contributed by atoms with Gasteiger partial charge in [-0.1, -0.05) is 0 Å². The molecule has 2 atom stereocenters. The van der Waals surface area contributed by atoms with Crippen molar-refractivity contribution in [3.05, 3.63) is 23.0 Å². The molecule has 2 unspecified atom stereocenters. The van der Waals surface area contributed by atoms with Crippen LogP contribution in [0, 0.1) is 25.2 Å². The van der Waals surface area contributed by atoms with Crippen LogP contribution in [0.3, 0.4) is 0 Å². The summed E-state index contributed by atoms with van der Waals surface area (Å²) in [6, 6.07) is 5.64. The van der Waals surface area contributed by atoms with E-state index in [2.05, 4.69) is 27.3 Å². The molecule has 0 radical (unpaired) electrons. The van der Waals surface area contributed by atoms with Gasteiger partial charge in [-0.2, -0.15) is 5.26 Å². The Morgan fingerprint density at radius 1 is 1.32 bits per heavy atom. The van der Waals surface area contributed by atoms with Gasteiger partial charge in [0.15, 0.2) is 0 Å². The monoisotopic (exact) mass is 256 g/mol. The van der Waals surface area contributed by atoms with E-state index in [0.717, 1.165) is 35.7 Å². The molecule has 0 aromatic carbocycles. The summed E-state index contributed by atoms with van der Waals surface area (Å²) < 4.78 is 0. The summed E-state index contributed by atoms with van der Waals surface area (Å²) in [5.41, 5.74) is 3.65. The zero-order chi connectivity index (χ0) is 13.4. The van der Waals surface area contributed by atoms with Crippen LogP contribution in [0.25, 0.3) is 0 Å². The van der Waals surface area contributed by atoms with Gasteiger partial charge in [0.05, 0.1) is 16.9 Å². The van der Waals surface area contributed by atoms with E-state index in [1.54, 1.807) is 0 Å². The van der Waals surface area contributed by atoms with E-state index in [1.165, 1.54) is 19.3 Å². The van der Waals surface area contributed by atoms with E-state index in [9.17, 15) is 5.26 Å². The normalized spacial score (nSPS) is 26.1. The number of hydrogen-bond donors (Lipinski definition) is 1. The van der Waals surface area contributed by atoms with Gasteiger partial charge < -0.3 is 10.2 Å². The Labute approximate surface area is 114 Å². The molecule has 1 N–H and O–H groups in total. The first-order valence-electron chi connectivity index (χ1n) is 7.06. The van der Waals surface area contributed by atoms with Crippen molar-refractivity contribution in [1.82, 2.24) is 10.3 Å². The van der Waals surface area contributed by atoms with Gasteiger partial charge >= 0.3 is 0 Å². The van der Waals surface area contributed by atoms with Crippen molar-refractivity contribution in [3.8, 4) is 6.07 Å². The number of nitrogens with zero attached hydrogens (tertiary/aromatic N) is 3. The maximum Gasteiger partial charge on any atom is 0.103 e. The summed E-state index contributed by atoms with van der Waals surface area (Å²) in [7, 11) is 0. The van der Waals surface area contributed by atoms with Gasteiger partial charge in [-0.15, -0.1) is 0 Å². The number of hydrogen-bond acceptors (Lipinski definition) is 4. The van der Waals surface area contributed by atoms with Crippen LogP contribution >= 0.6 is 0 Å². The molecule has 2 aliphatic rings. The van der Waals surface area contributed by atoms with Crippen LogP contribution < -0.4 is 10.2 Å². The highest BCUT2D eigenvalue weighted by molar-refractivity contribution is 5.62. The van der Waals surface area contributed by atoms with Crippen LogP contribution in [0.4, 0.5) is 5.69 Å².